The lowest BCUT2D eigenvalue weighted by molar-refractivity contribution is -0.103. The Morgan fingerprint density at radius 2 is 1.90 bits per heavy atom. The largest absolute Gasteiger partial charge is 0.493 e. The van der Waals surface area contributed by atoms with E-state index in [1.54, 1.807) is 14.2 Å². The second kappa shape index (κ2) is 9.13. The van der Waals surface area contributed by atoms with Crippen LogP contribution in [0.4, 0.5) is 0 Å². The van der Waals surface area contributed by atoms with E-state index in [1.165, 1.54) is 28.7 Å². The molecule has 31 heavy (non-hydrogen) atoms. The number of benzene rings is 1. The van der Waals surface area contributed by atoms with Crippen LogP contribution in [0.25, 0.3) is 5.57 Å². The topological polar surface area (TPSA) is 62.2 Å². The average molecular weight is 430 g/mol. The van der Waals surface area contributed by atoms with E-state index in [4.69, 9.17) is 9.47 Å². The molecule has 3 aliphatic heterocycles. The van der Waals surface area contributed by atoms with Crippen LogP contribution in [0.3, 0.4) is 0 Å². The molecule has 3 heterocycles. The monoisotopic (exact) mass is 429 g/mol. The molecular formula is C26H39NO4. The van der Waals surface area contributed by atoms with E-state index in [1.807, 2.05) is 0 Å². The zero-order valence-corrected chi connectivity index (χ0v) is 19.6. The van der Waals surface area contributed by atoms with Crippen molar-refractivity contribution in [2.75, 3.05) is 40.5 Å². The predicted molar refractivity (Wildman–Crippen MR) is 124 cm³/mol. The Kier molecular flexibility index (Phi) is 6.66. The first-order chi connectivity index (χ1) is 15.0. The number of hydrogen-bond donors (Lipinski definition) is 2. The molecule has 2 N–H and O–H groups in total. The molecule has 3 fully saturated rings. The highest BCUT2D eigenvalue weighted by Crippen LogP contribution is 2.58. The Morgan fingerprint density at radius 1 is 1.16 bits per heavy atom. The van der Waals surface area contributed by atoms with Crippen LogP contribution in [-0.4, -0.2) is 61.7 Å². The minimum atomic E-state index is -0.206. The van der Waals surface area contributed by atoms with Gasteiger partial charge in [0, 0.05) is 31.2 Å². The number of methoxy groups -OCH3 is 2. The average Bonchev–Trinajstić information content (AvgIpc) is 2.87. The molecule has 4 bridgehead atoms. The van der Waals surface area contributed by atoms with Gasteiger partial charge in [-0.2, -0.15) is 0 Å². The summed E-state index contributed by atoms with van der Waals surface area (Å²) in [5.74, 6) is 2.59. The third-order valence-corrected chi connectivity index (χ3v) is 8.14. The standard InChI is InChI=1S/C26H39NO4/c1-5-6-22-20(21-13-24(31-4)23(30-3)11-17(21)2)7-9-27-15-18-12-19(8-10-28)25(27)26(22,14-18)16-29/h11,13,18-19,25,28-29H,5-10,12,14-16H2,1-4H3. The van der Waals surface area contributed by atoms with Crippen molar-refractivity contribution in [3.05, 3.63) is 28.8 Å². The van der Waals surface area contributed by atoms with Gasteiger partial charge in [-0.3, -0.25) is 4.90 Å². The Labute approximate surface area is 187 Å². The van der Waals surface area contributed by atoms with Crippen LogP contribution in [0.5, 0.6) is 11.5 Å². The molecule has 1 aliphatic carbocycles. The van der Waals surface area contributed by atoms with Crippen LogP contribution in [0.15, 0.2) is 17.7 Å². The lowest BCUT2D eigenvalue weighted by atomic mass is 9.54. The molecule has 0 spiro atoms. The second-order valence-corrected chi connectivity index (χ2v) is 9.81. The van der Waals surface area contributed by atoms with Crippen LogP contribution in [0.2, 0.25) is 0 Å². The second-order valence-electron chi connectivity index (χ2n) is 9.81. The minimum absolute atomic E-state index is 0.192. The third kappa shape index (κ3) is 3.69. The van der Waals surface area contributed by atoms with Crippen LogP contribution < -0.4 is 9.47 Å². The van der Waals surface area contributed by atoms with Gasteiger partial charge in [-0.1, -0.05) is 18.9 Å². The number of aliphatic hydroxyl groups excluding tert-OH is 2. The highest BCUT2D eigenvalue weighted by Gasteiger charge is 2.57. The van der Waals surface area contributed by atoms with Gasteiger partial charge in [-0.05, 0) is 79.7 Å². The molecule has 0 aromatic heterocycles. The maximum absolute atomic E-state index is 11.0. The van der Waals surface area contributed by atoms with Gasteiger partial charge in [0.1, 0.15) is 0 Å². The summed E-state index contributed by atoms with van der Waals surface area (Å²) in [7, 11) is 3.37. The third-order valence-electron chi connectivity index (χ3n) is 8.14. The van der Waals surface area contributed by atoms with E-state index < -0.39 is 0 Å². The first-order valence-electron chi connectivity index (χ1n) is 11.9. The van der Waals surface area contributed by atoms with E-state index >= 15 is 0 Å². The number of piperidine rings is 2. The summed E-state index contributed by atoms with van der Waals surface area (Å²) in [4.78, 5) is 2.65. The Balaban J connectivity index is 1.91. The SMILES string of the molecule is CCCC1=C(c2cc(OC)c(OC)cc2C)CCN2CC3CC(CCO)C2C1(CO)C3. The van der Waals surface area contributed by atoms with Crippen molar-refractivity contribution in [1.29, 1.82) is 0 Å². The number of aryl methyl sites for hydroxylation is 1. The maximum atomic E-state index is 11.0. The summed E-state index contributed by atoms with van der Waals surface area (Å²) >= 11 is 0. The Bertz CT molecular complexity index is 835. The lowest BCUT2D eigenvalue weighted by Gasteiger charge is -2.60. The maximum Gasteiger partial charge on any atom is 0.161 e. The lowest BCUT2D eigenvalue weighted by Crippen LogP contribution is -2.64. The van der Waals surface area contributed by atoms with Gasteiger partial charge in [-0.25, -0.2) is 0 Å². The van der Waals surface area contributed by atoms with E-state index in [9.17, 15) is 10.2 Å². The van der Waals surface area contributed by atoms with Crippen LogP contribution in [0.1, 0.15) is 56.6 Å². The number of aliphatic hydroxyl groups is 2. The number of ether oxygens (including phenoxy) is 2. The van der Waals surface area contributed by atoms with Gasteiger partial charge in [0.25, 0.3) is 0 Å². The van der Waals surface area contributed by atoms with Gasteiger partial charge in [0.05, 0.1) is 20.8 Å². The minimum Gasteiger partial charge on any atom is -0.493 e. The molecule has 4 aliphatic rings. The normalized spacial score (nSPS) is 32.2. The van der Waals surface area contributed by atoms with Gasteiger partial charge < -0.3 is 19.7 Å². The Hall–Kier alpha value is -1.56. The summed E-state index contributed by atoms with van der Waals surface area (Å²) in [6.45, 7) is 6.96. The van der Waals surface area contributed by atoms with Gasteiger partial charge in [0.2, 0.25) is 0 Å². The molecule has 2 saturated heterocycles. The molecule has 5 nitrogen and oxygen atoms in total. The molecule has 1 saturated carbocycles. The summed E-state index contributed by atoms with van der Waals surface area (Å²) in [6.07, 6.45) is 6.15. The molecule has 1 aromatic carbocycles. The zero-order valence-electron chi connectivity index (χ0n) is 19.6. The van der Waals surface area contributed by atoms with Crippen molar-refractivity contribution in [2.45, 2.75) is 58.4 Å². The molecule has 5 heteroatoms. The van der Waals surface area contributed by atoms with Crippen molar-refractivity contribution in [1.82, 2.24) is 4.90 Å². The molecule has 1 aromatic rings. The van der Waals surface area contributed by atoms with Gasteiger partial charge in [-0.15, -0.1) is 0 Å². The van der Waals surface area contributed by atoms with Crippen molar-refractivity contribution >= 4 is 5.57 Å². The fraction of sp³-hybridized carbons (Fsp3) is 0.692. The Morgan fingerprint density at radius 3 is 2.55 bits per heavy atom. The molecule has 0 radical (unpaired) electrons. The smallest absolute Gasteiger partial charge is 0.161 e. The highest BCUT2D eigenvalue weighted by atomic mass is 16.5. The predicted octanol–water partition coefficient (Wildman–Crippen LogP) is 4.04. The van der Waals surface area contributed by atoms with Crippen molar-refractivity contribution in [3.8, 4) is 11.5 Å². The fourth-order valence-electron chi connectivity index (χ4n) is 7.15. The number of rotatable bonds is 8. The number of fused-ring (bicyclic) bond motifs is 1. The van der Waals surface area contributed by atoms with E-state index in [0.29, 0.717) is 17.9 Å². The summed E-state index contributed by atoms with van der Waals surface area (Å²) in [5, 5.41) is 20.7. The highest BCUT2D eigenvalue weighted by molar-refractivity contribution is 5.75. The molecular weight excluding hydrogens is 390 g/mol. The first-order valence-corrected chi connectivity index (χ1v) is 11.9. The van der Waals surface area contributed by atoms with Crippen LogP contribution in [-0.2, 0) is 0 Å². The van der Waals surface area contributed by atoms with Gasteiger partial charge >= 0.3 is 0 Å². The molecule has 0 amide bonds. The van der Waals surface area contributed by atoms with Crippen molar-refractivity contribution in [2.24, 2.45) is 17.3 Å². The number of hydrogen-bond acceptors (Lipinski definition) is 5. The van der Waals surface area contributed by atoms with Crippen molar-refractivity contribution in [3.63, 3.8) is 0 Å². The quantitative estimate of drug-likeness (QED) is 0.653. The summed E-state index contributed by atoms with van der Waals surface area (Å²) in [5.41, 5.74) is 5.07. The zero-order chi connectivity index (χ0) is 22.2. The van der Waals surface area contributed by atoms with E-state index in [2.05, 4.69) is 30.9 Å². The first kappa shape index (κ1) is 22.6. The van der Waals surface area contributed by atoms with E-state index in [0.717, 1.165) is 56.7 Å². The van der Waals surface area contributed by atoms with Crippen LogP contribution >= 0.6 is 0 Å². The summed E-state index contributed by atoms with van der Waals surface area (Å²) < 4.78 is 11.2. The fourth-order valence-corrected chi connectivity index (χ4v) is 7.15. The number of nitrogens with zero attached hydrogens (tertiary/aromatic N) is 1. The van der Waals surface area contributed by atoms with Gasteiger partial charge in [0.15, 0.2) is 11.5 Å². The summed E-state index contributed by atoms with van der Waals surface area (Å²) in [6, 6.07) is 4.54. The van der Waals surface area contributed by atoms with Crippen molar-refractivity contribution < 1.29 is 19.7 Å². The molecule has 5 unspecified atom stereocenters. The van der Waals surface area contributed by atoms with E-state index in [-0.39, 0.29) is 18.6 Å². The molecule has 5 atom stereocenters. The molecule has 172 valence electrons. The molecule has 5 rings (SSSR count). The van der Waals surface area contributed by atoms with Crippen LogP contribution in [0, 0.1) is 24.2 Å².